The summed E-state index contributed by atoms with van der Waals surface area (Å²) in [5.41, 5.74) is 0.804. The summed E-state index contributed by atoms with van der Waals surface area (Å²) >= 11 is 0. The van der Waals surface area contributed by atoms with Crippen LogP contribution in [0, 0.1) is 5.92 Å². The van der Waals surface area contributed by atoms with Gasteiger partial charge >= 0.3 is 0 Å². The van der Waals surface area contributed by atoms with E-state index in [-0.39, 0.29) is 17.7 Å². The molecule has 2 N–H and O–H groups in total. The Hall–Kier alpha value is -2.48. The van der Waals surface area contributed by atoms with E-state index >= 15 is 0 Å². The van der Waals surface area contributed by atoms with Crippen LogP contribution in [0.5, 0.6) is 0 Å². The third-order valence-corrected chi connectivity index (χ3v) is 5.12. The summed E-state index contributed by atoms with van der Waals surface area (Å²) in [7, 11) is 0. The van der Waals surface area contributed by atoms with Crippen LogP contribution >= 0.6 is 0 Å². The van der Waals surface area contributed by atoms with Crippen LogP contribution in [0.25, 0.3) is 11.4 Å². The maximum Gasteiger partial charge on any atom is 0.252 e. The van der Waals surface area contributed by atoms with Gasteiger partial charge in [0, 0.05) is 30.8 Å². The first-order valence-corrected chi connectivity index (χ1v) is 9.65. The highest BCUT2D eigenvalue weighted by Crippen LogP contribution is 2.30. The van der Waals surface area contributed by atoms with E-state index in [1.807, 2.05) is 12.1 Å². The molecule has 1 saturated carbocycles. The molecule has 2 aromatic rings. The molecule has 2 aromatic heterocycles. The molecule has 2 atom stereocenters. The van der Waals surface area contributed by atoms with Crippen LogP contribution in [0.2, 0.25) is 0 Å². The second-order valence-corrected chi connectivity index (χ2v) is 7.41. The summed E-state index contributed by atoms with van der Waals surface area (Å²) in [6.07, 6.45) is 6.31. The largest absolute Gasteiger partial charge is 0.391 e. The maximum atomic E-state index is 12.1. The minimum Gasteiger partial charge on any atom is -0.391 e. The molecule has 3 heterocycles. The molecular formula is C19H25N5O3. The van der Waals surface area contributed by atoms with E-state index < -0.39 is 12.1 Å². The number of hydrogen-bond donors (Lipinski definition) is 2. The molecule has 8 nitrogen and oxygen atoms in total. The van der Waals surface area contributed by atoms with Crippen molar-refractivity contribution in [2.75, 3.05) is 18.0 Å². The number of amides is 1. The second-order valence-electron chi connectivity index (χ2n) is 7.41. The lowest BCUT2D eigenvalue weighted by Gasteiger charge is -2.27. The zero-order valence-electron chi connectivity index (χ0n) is 15.5. The molecule has 4 rings (SSSR count). The fourth-order valence-corrected chi connectivity index (χ4v) is 3.34. The number of hydrogen-bond acceptors (Lipinski definition) is 7. The van der Waals surface area contributed by atoms with Crippen molar-refractivity contribution in [2.45, 2.75) is 51.2 Å². The highest BCUT2D eigenvalue weighted by atomic mass is 16.5. The Kier molecular flexibility index (Phi) is 5.07. The first-order chi connectivity index (χ1) is 13.1. The topological polar surface area (TPSA) is 104 Å². The van der Waals surface area contributed by atoms with Crippen LogP contribution in [-0.2, 0) is 4.79 Å². The van der Waals surface area contributed by atoms with Crippen molar-refractivity contribution < 1.29 is 14.4 Å². The van der Waals surface area contributed by atoms with Gasteiger partial charge in [0.15, 0.2) is 0 Å². The molecule has 1 aliphatic carbocycles. The number of nitrogens with zero attached hydrogens (tertiary/aromatic N) is 4. The Morgan fingerprint density at radius 2 is 2.11 bits per heavy atom. The lowest BCUT2D eigenvalue weighted by atomic mass is 10.1. The Balaban J connectivity index is 1.53. The molecule has 2 aliphatic rings. The average molecular weight is 371 g/mol. The summed E-state index contributed by atoms with van der Waals surface area (Å²) in [6, 6.07) is 3.09. The Bertz CT molecular complexity index is 796. The summed E-state index contributed by atoms with van der Waals surface area (Å²) in [5, 5.41) is 16.9. The number of anilines is 1. The van der Waals surface area contributed by atoms with Gasteiger partial charge in [-0.3, -0.25) is 4.79 Å². The third-order valence-electron chi connectivity index (χ3n) is 5.12. The molecule has 1 aliphatic heterocycles. The van der Waals surface area contributed by atoms with Crippen LogP contribution in [0.4, 0.5) is 5.82 Å². The third kappa shape index (κ3) is 4.10. The van der Waals surface area contributed by atoms with Gasteiger partial charge in [0.25, 0.3) is 5.89 Å². The van der Waals surface area contributed by atoms with Crippen LogP contribution in [0.1, 0.15) is 51.0 Å². The number of aromatic nitrogens is 3. The van der Waals surface area contributed by atoms with Crippen molar-refractivity contribution in [1.29, 1.82) is 0 Å². The van der Waals surface area contributed by atoms with E-state index in [4.69, 9.17) is 4.52 Å². The quantitative estimate of drug-likeness (QED) is 0.801. The van der Waals surface area contributed by atoms with Crippen LogP contribution in [0.15, 0.2) is 22.9 Å². The van der Waals surface area contributed by atoms with Gasteiger partial charge < -0.3 is 19.8 Å². The number of rotatable bonds is 6. The normalized spacial score (nSPS) is 19.6. The van der Waals surface area contributed by atoms with Crippen molar-refractivity contribution in [2.24, 2.45) is 5.92 Å². The molecule has 144 valence electrons. The van der Waals surface area contributed by atoms with Gasteiger partial charge in [-0.05, 0) is 51.2 Å². The first kappa shape index (κ1) is 17.9. The van der Waals surface area contributed by atoms with Crippen LogP contribution < -0.4 is 10.2 Å². The summed E-state index contributed by atoms with van der Waals surface area (Å²) in [5.74, 6) is 1.52. The standard InChI is InChI=1S/C19H25N5O3/c1-12(25)16(21-18(26)13-5-6-13)19-22-17(23-27-19)14-7-8-20-15(11-14)24-9-3-2-4-10-24/h7-8,11-13,16,25H,2-6,9-10H2,1H3,(H,21,26)/t12-,16-/m0/s1. The molecule has 0 radical (unpaired) electrons. The van der Waals surface area contributed by atoms with Gasteiger partial charge in [0.2, 0.25) is 11.7 Å². The van der Waals surface area contributed by atoms with Crippen molar-refractivity contribution in [3.63, 3.8) is 0 Å². The zero-order chi connectivity index (χ0) is 18.8. The molecule has 1 amide bonds. The molecule has 27 heavy (non-hydrogen) atoms. The number of nitrogens with one attached hydrogen (secondary N) is 1. The number of aliphatic hydroxyl groups is 1. The first-order valence-electron chi connectivity index (χ1n) is 9.65. The minimum atomic E-state index is -0.831. The monoisotopic (exact) mass is 371 g/mol. The number of aliphatic hydroxyl groups excluding tert-OH is 1. The van der Waals surface area contributed by atoms with Gasteiger partial charge in [-0.2, -0.15) is 4.98 Å². The molecule has 0 spiro atoms. The average Bonchev–Trinajstić information content (AvgIpc) is 3.44. The zero-order valence-corrected chi connectivity index (χ0v) is 15.5. The Labute approximate surface area is 158 Å². The van der Waals surface area contributed by atoms with E-state index in [0.717, 1.165) is 37.3 Å². The lowest BCUT2D eigenvalue weighted by Crippen LogP contribution is -2.36. The number of piperidine rings is 1. The van der Waals surface area contributed by atoms with Gasteiger partial charge in [-0.25, -0.2) is 4.98 Å². The van der Waals surface area contributed by atoms with Crippen molar-refractivity contribution in [3.05, 3.63) is 24.2 Å². The number of carbonyl (C=O) groups is 1. The number of pyridine rings is 1. The predicted octanol–water partition coefficient (Wildman–Crippen LogP) is 2.07. The van der Waals surface area contributed by atoms with Crippen LogP contribution in [0.3, 0.4) is 0 Å². The second kappa shape index (κ2) is 7.64. The smallest absolute Gasteiger partial charge is 0.252 e. The summed E-state index contributed by atoms with van der Waals surface area (Å²) < 4.78 is 5.36. The predicted molar refractivity (Wildman–Crippen MR) is 98.9 cm³/mol. The Morgan fingerprint density at radius 1 is 1.33 bits per heavy atom. The minimum absolute atomic E-state index is 0.0425. The number of carbonyl (C=O) groups excluding carboxylic acids is 1. The molecule has 1 saturated heterocycles. The van der Waals surface area contributed by atoms with Gasteiger partial charge in [0.05, 0.1) is 6.10 Å². The SMILES string of the molecule is C[C@H](O)[C@H](NC(=O)C1CC1)c1nc(-c2ccnc(N3CCCCC3)c2)no1. The lowest BCUT2D eigenvalue weighted by molar-refractivity contribution is -0.124. The molecule has 0 unspecified atom stereocenters. The Morgan fingerprint density at radius 3 is 2.81 bits per heavy atom. The van der Waals surface area contributed by atoms with Crippen molar-refractivity contribution in [3.8, 4) is 11.4 Å². The van der Waals surface area contributed by atoms with E-state index in [1.54, 1.807) is 13.1 Å². The summed E-state index contributed by atoms with van der Waals surface area (Å²) in [6.45, 7) is 3.61. The van der Waals surface area contributed by atoms with E-state index in [0.29, 0.717) is 5.82 Å². The summed E-state index contributed by atoms with van der Waals surface area (Å²) in [4.78, 5) is 23.2. The van der Waals surface area contributed by atoms with Gasteiger partial charge in [-0.15, -0.1) is 0 Å². The highest BCUT2D eigenvalue weighted by Gasteiger charge is 2.34. The molecule has 8 heteroatoms. The molecule has 0 bridgehead atoms. The van der Waals surface area contributed by atoms with E-state index in [2.05, 4.69) is 25.3 Å². The molecular weight excluding hydrogens is 346 g/mol. The fourth-order valence-electron chi connectivity index (χ4n) is 3.34. The molecule has 0 aromatic carbocycles. The van der Waals surface area contributed by atoms with Crippen LogP contribution in [-0.4, -0.2) is 45.3 Å². The van der Waals surface area contributed by atoms with Gasteiger partial charge in [0.1, 0.15) is 11.9 Å². The van der Waals surface area contributed by atoms with E-state index in [1.165, 1.54) is 19.3 Å². The van der Waals surface area contributed by atoms with Crippen molar-refractivity contribution >= 4 is 11.7 Å². The van der Waals surface area contributed by atoms with E-state index in [9.17, 15) is 9.90 Å². The highest BCUT2D eigenvalue weighted by molar-refractivity contribution is 5.81. The molecule has 2 fully saturated rings. The van der Waals surface area contributed by atoms with Crippen molar-refractivity contribution in [1.82, 2.24) is 20.4 Å². The fraction of sp³-hybridized carbons (Fsp3) is 0.579. The maximum absolute atomic E-state index is 12.1. The van der Waals surface area contributed by atoms with Gasteiger partial charge in [-0.1, -0.05) is 5.16 Å².